The van der Waals surface area contributed by atoms with Gasteiger partial charge in [0.05, 0.1) is 0 Å². The van der Waals surface area contributed by atoms with Crippen LogP contribution in [0, 0.1) is 5.92 Å². The molecule has 1 aromatic heterocycles. The predicted octanol–water partition coefficient (Wildman–Crippen LogP) is 2.85. The third-order valence-electron chi connectivity index (χ3n) is 4.56. The topological polar surface area (TPSA) is 46.9 Å². The monoisotopic (exact) mass is 275 g/mol. The van der Waals surface area contributed by atoms with E-state index >= 15 is 0 Å². The molecule has 1 N–H and O–H groups in total. The number of aromatic nitrogens is 2. The zero-order chi connectivity index (χ0) is 13.8. The molecule has 0 aromatic carbocycles. The van der Waals surface area contributed by atoms with Crippen LogP contribution in [-0.4, -0.2) is 22.0 Å². The molecule has 2 saturated carbocycles. The van der Waals surface area contributed by atoms with Gasteiger partial charge in [-0.2, -0.15) is 0 Å². The minimum Gasteiger partial charge on any atom is -0.354 e. The molecule has 0 spiro atoms. The summed E-state index contributed by atoms with van der Waals surface area (Å²) in [5.74, 6) is 2.72. The van der Waals surface area contributed by atoms with Gasteiger partial charge in [-0.05, 0) is 31.6 Å². The Morgan fingerprint density at radius 2 is 2.05 bits per heavy atom. The van der Waals surface area contributed by atoms with Crippen LogP contribution < -0.4 is 5.32 Å². The van der Waals surface area contributed by atoms with Crippen molar-refractivity contribution in [2.24, 2.45) is 5.92 Å². The average Bonchev–Trinajstić information content (AvgIpc) is 3.20. The van der Waals surface area contributed by atoms with Crippen molar-refractivity contribution in [1.82, 2.24) is 14.9 Å². The van der Waals surface area contributed by atoms with E-state index in [-0.39, 0.29) is 5.91 Å². The van der Waals surface area contributed by atoms with E-state index in [1.54, 1.807) is 0 Å². The molecule has 0 saturated heterocycles. The van der Waals surface area contributed by atoms with Crippen LogP contribution in [0.3, 0.4) is 0 Å². The highest BCUT2D eigenvalue weighted by Gasteiger charge is 2.27. The summed E-state index contributed by atoms with van der Waals surface area (Å²) in [6.07, 6.45) is 13.6. The summed E-state index contributed by atoms with van der Waals surface area (Å²) in [6.45, 7) is 1.57. The number of carbonyl (C=O) groups excluding carboxylic acids is 1. The first-order chi connectivity index (χ1) is 9.83. The molecule has 0 radical (unpaired) electrons. The van der Waals surface area contributed by atoms with Crippen molar-refractivity contribution in [1.29, 1.82) is 0 Å². The van der Waals surface area contributed by atoms with Gasteiger partial charge in [0.15, 0.2) is 0 Å². The van der Waals surface area contributed by atoms with E-state index < -0.39 is 0 Å². The molecule has 0 atom stereocenters. The lowest BCUT2D eigenvalue weighted by molar-refractivity contribution is -0.122. The van der Waals surface area contributed by atoms with Crippen molar-refractivity contribution in [3.05, 3.63) is 18.2 Å². The van der Waals surface area contributed by atoms with Gasteiger partial charge in [0.2, 0.25) is 5.91 Å². The van der Waals surface area contributed by atoms with E-state index in [2.05, 4.69) is 14.9 Å². The van der Waals surface area contributed by atoms with E-state index in [1.807, 2.05) is 12.4 Å². The summed E-state index contributed by atoms with van der Waals surface area (Å²) in [7, 11) is 0. The molecule has 4 heteroatoms. The van der Waals surface area contributed by atoms with Crippen LogP contribution in [0.2, 0.25) is 0 Å². The molecule has 20 heavy (non-hydrogen) atoms. The normalized spacial score (nSPS) is 20.0. The van der Waals surface area contributed by atoms with Gasteiger partial charge in [0.25, 0.3) is 0 Å². The van der Waals surface area contributed by atoms with Gasteiger partial charge in [-0.1, -0.05) is 19.3 Å². The molecule has 110 valence electrons. The minimum atomic E-state index is 0.227. The highest BCUT2D eigenvalue weighted by Crippen LogP contribution is 2.38. The number of carbonyl (C=O) groups is 1. The maximum absolute atomic E-state index is 11.9. The maximum Gasteiger partial charge on any atom is 0.220 e. The molecule has 0 unspecified atom stereocenters. The highest BCUT2D eigenvalue weighted by molar-refractivity contribution is 5.76. The first-order valence-corrected chi connectivity index (χ1v) is 8.10. The van der Waals surface area contributed by atoms with Crippen LogP contribution in [0.1, 0.15) is 63.1 Å². The maximum atomic E-state index is 11.9. The first-order valence-electron chi connectivity index (χ1n) is 8.10. The number of hydrogen-bond acceptors (Lipinski definition) is 2. The molecule has 1 heterocycles. The van der Waals surface area contributed by atoms with Gasteiger partial charge in [-0.3, -0.25) is 4.79 Å². The highest BCUT2D eigenvalue weighted by atomic mass is 16.1. The number of nitrogens with one attached hydrogen (secondary N) is 1. The van der Waals surface area contributed by atoms with Crippen LogP contribution in [0.25, 0.3) is 0 Å². The summed E-state index contributed by atoms with van der Waals surface area (Å²) < 4.78 is 2.19. The summed E-state index contributed by atoms with van der Waals surface area (Å²) >= 11 is 0. The third-order valence-corrected chi connectivity index (χ3v) is 4.56. The zero-order valence-electron chi connectivity index (χ0n) is 12.2. The molecular weight excluding hydrogens is 250 g/mol. The predicted molar refractivity (Wildman–Crippen MR) is 78.4 cm³/mol. The van der Waals surface area contributed by atoms with Gasteiger partial charge in [0, 0.05) is 37.8 Å². The van der Waals surface area contributed by atoms with Gasteiger partial charge in [-0.25, -0.2) is 4.98 Å². The first kappa shape index (κ1) is 13.7. The van der Waals surface area contributed by atoms with Crippen LogP contribution >= 0.6 is 0 Å². The van der Waals surface area contributed by atoms with Crippen molar-refractivity contribution in [3.8, 4) is 0 Å². The Hall–Kier alpha value is -1.32. The molecule has 0 bridgehead atoms. The Balaban J connectivity index is 1.38. The second kappa shape index (κ2) is 6.42. The fourth-order valence-corrected chi connectivity index (χ4v) is 3.25. The largest absolute Gasteiger partial charge is 0.354 e. The van der Waals surface area contributed by atoms with Crippen LogP contribution in [0.15, 0.2) is 12.4 Å². The van der Waals surface area contributed by atoms with Gasteiger partial charge >= 0.3 is 0 Å². The molecule has 0 aliphatic heterocycles. The van der Waals surface area contributed by atoms with Gasteiger partial charge in [0.1, 0.15) is 5.82 Å². The van der Waals surface area contributed by atoms with Crippen molar-refractivity contribution in [2.75, 3.05) is 6.54 Å². The number of imidazole rings is 1. The Kier molecular flexibility index (Phi) is 4.38. The summed E-state index contributed by atoms with van der Waals surface area (Å²) in [5, 5.41) is 3.07. The number of hydrogen-bond donors (Lipinski definition) is 1. The van der Waals surface area contributed by atoms with E-state index in [1.165, 1.54) is 50.8 Å². The lowest BCUT2D eigenvalue weighted by Crippen LogP contribution is -2.29. The van der Waals surface area contributed by atoms with Crippen molar-refractivity contribution in [2.45, 2.75) is 63.8 Å². The number of amides is 1. The molecule has 4 nitrogen and oxygen atoms in total. The van der Waals surface area contributed by atoms with Gasteiger partial charge in [-0.15, -0.1) is 0 Å². The second-order valence-corrected chi connectivity index (χ2v) is 6.31. The Morgan fingerprint density at radius 3 is 2.80 bits per heavy atom. The quantitative estimate of drug-likeness (QED) is 0.867. The van der Waals surface area contributed by atoms with Crippen molar-refractivity contribution in [3.63, 3.8) is 0 Å². The Bertz CT molecular complexity index is 444. The Labute approximate surface area is 121 Å². The molecule has 1 amide bonds. The zero-order valence-corrected chi connectivity index (χ0v) is 12.2. The fraction of sp³-hybridized carbons (Fsp3) is 0.750. The minimum absolute atomic E-state index is 0.227. The molecule has 3 rings (SSSR count). The number of rotatable bonds is 6. The van der Waals surface area contributed by atoms with E-state index in [9.17, 15) is 4.79 Å². The van der Waals surface area contributed by atoms with Crippen LogP contribution in [0.5, 0.6) is 0 Å². The smallest absolute Gasteiger partial charge is 0.220 e. The number of nitrogens with zero attached hydrogens (tertiary/aromatic N) is 2. The SMILES string of the molecule is O=C(CC1CCCCC1)NCCn1ccnc1C1CC1. The lowest BCUT2D eigenvalue weighted by atomic mass is 9.87. The standard InChI is InChI=1S/C16H25N3O/c20-15(12-13-4-2-1-3-5-13)17-8-10-19-11-9-18-16(19)14-6-7-14/h9,11,13-14H,1-8,10,12H2,(H,17,20). The van der Waals surface area contributed by atoms with Crippen molar-refractivity contribution < 1.29 is 4.79 Å². The average molecular weight is 275 g/mol. The van der Waals surface area contributed by atoms with Crippen LogP contribution in [0.4, 0.5) is 0 Å². The summed E-state index contributed by atoms with van der Waals surface area (Å²) in [6, 6.07) is 0. The molecular formula is C16H25N3O. The molecule has 2 aliphatic carbocycles. The fourth-order valence-electron chi connectivity index (χ4n) is 3.25. The Morgan fingerprint density at radius 1 is 1.25 bits per heavy atom. The molecule has 2 aliphatic rings. The molecule has 2 fully saturated rings. The van der Waals surface area contributed by atoms with E-state index in [0.29, 0.717) is 11.8 Å². The second-order valence-electron chi connectivity index (χ2n) is 6.31. The third kappa shape index (κ3) is 3.62. The van der Waals surface area contributed by atoms with E-state index in [4.69, 9.17) is 0 Å². The van der Waals surface area contributed by atoms with Crippen molar-refractivity contribution >= 4 is 5.91 Å². The van der Waals surface area contributed by atoms with Gasteiger partial charge < -0.3 is 9.88 Å². The summed E-state index contributed by atoms with van der Waals surface area (Å²) in [5.41, 5.74) is 0. The van der Waals surface area contributed by atoms with Crippen LogP contribution in [-0.2, 0) is 11.3 Å². The van der Waals surface area contributed by atoms with E-state index in [0.717, 1.165) is 19.5 Å². The molecule has 1 aromatic rings. The summed E-state index contributed by atoms with van der Waals surface area (Å²) in [4.78, 5) is 16.4. The lowest BCUT2D eigenvalue weighted by Gasteiger charge is -2.20.